The lowest BCUT2D eigenvalue weighted by molar-refractivity contribution is -0.141. The molecule has 0 radical (unpaired) electrons. The van der Waals surface area contributed by atoms with Gasteiger partial charge in [0.1, 0.15) is 6.04 Å². The first kappa shape index (κ1) is 28.1. The van der Waals surface area contributed by atoms with Crippen LogP contribution in [-0.2, 0) is 19.1 Å². The number of carbonyl (C=O) groups excluding carboxylic acids is 3. The molecule has 0 aliphatic carbocycles. The third kappa shape index (κ3) is 7.61. The molecule has 2 amide bonds. The largest absolute Gasteiger partial charge is 0.463 e. The summed E-state index contributed by atoms with van der Waals surface area (Å²) < 4.78 is 5.07. The van der Waals surface area contributed by atoms with E-state index in [1.807, 2.05) is 27.7 Å². The van der Waals surface area contributed by atoms with Gasteiger partial charge in [-0.2, -0.15) is 0 Å². The van der Waals surface area contributed by atoms with Crippen molar-refractivity contribution in [2.24, 2.45) is 5.41 Å². The van der Waals surface area contributed by atoms with E-state index in [2.05, 4.69) is 24.1 Å². The maximum absolute atomic E-state index is 13.6. The molecule has 0 bridgehead atoms. The molecule has 184 valence electrons. The van der Waals surface area contributed by atoms with Crippen LogP contribution < -0.4 is 5.32 Å². The number of amides is 2. The minimum Gasteiger partial charge on any atom is -0.463 e. The van der Waals surface area contributed by atoms with Crippen LogP contribution in [0.4, 0.5) is 0 Å². The van der Waals surface area contributed by atoms with Crippen molar-refractivity contribution in [1.82, 2.24) is 15.1 Å². The number of likely N-dealkylation sites (N-methyl/N-ethyl adjacent to an activating group) is 1. The number of rotatable bonds is 9. The molecule has 1 aliphatic heterocycles. The predicted octanol–water partition coefficient (Wildman–Crippen LogP) is 3.53. The first-order chi connectivity index (χ1) is 14.8. The molecular formula is C25H45N3O4. The van der Waals surface area contributed by atoms with E-state index in [0.717, 1.165) is 25.8 Å². The van der Waals surface area contributed by atoms with Gasteiger partial charge in [-0.1, -0.05) is 40.2 Å². The lowest BCUT2D eigenvalue weighted by atomic mass is 9.85. The van der Waals surface area contributed by atoms with E-state index in [1.54, 1.807) is 31.9 Å². The van der Waals surface area contributed by atoms with Crippen LogP contribution in [0.3, 0.4) is 0 Å². The summed E-state index contributed by atoms with van der Waals surface area (Å²) in [7, 11) is 1.73. The van der Waals surface area contributed by atoms with Crippen molar-refractivity contribution >= 4 is 17.8 Å². The number of nitrogens with zero attached hydrogens (tertiary/aromatic N) is 2. The second-order valence-corrected chi connectivity index (χ2v) is 10.1. The number of esters is 1. The van der Waals surface area contributed by atoms with Gasteiger partial charge < -0.3 is 15.0 Å². The fourth-order valence-electron chi connectivity index (χ4n) is 4.21. The SMILES string of the molecule is CCOC(=O)/C(C)=C/[C@H](CC)N(C)C(=O)[C@@H](NC(=O)C1CCCCN1C(C)C)C(C)(C)C. The zero-order valence-corrected chi connectivity index (χ0v) is 21.7. The molecule has 1 heterocycles. The minimum absolute atomic E-state index is 0.0774. The number of hydrogen-bond donors (Lipinski definition) is 1. The van der Waals surface area contributed by atoms with Crippen molar-refractivity contribution in [3.8, 4) is 0 Å². The molecule has 0 spiro atoms. The molecule has 3 atom stereocenters. The molecule has 1 aliphatic rings. The third-order valence-electron chi connectivity index (χ3n) is 6.21. The van der Waals surface area contributed by atoms with Crippen molar-refractivity contribution in [2.75, 3.05) is 20.2 Å². The van der Waals surface area contributed by atoms with Crippen LogP contribution in [0.15, 0.2) is 11.6 Å². The Morgan fingerprint density at radius 1 is 1.19 bits per heavy atom. The zero-order chi connectivity index (χ0) is 24.6. The summed E-state index contributed by atoms with van der Waals surface area (Å²) in [5.74, 6) is -0.609. The molecule has 0 saturated carbocycles. The quantitative estimate of drug-likeness (QED) is 0.429. The van der Waals surface area contributed by atoms with E-state index in [0.29, 0.717) is 18.6 Å². The molecule has 0 aromatic heterocycles. The average molecular weight is 452 g/mol. The van der Waals surface area contributed by atoms with Gasteiger partial charge in [-0.05, 0) is 58.9 Å². The Balaban J connectivity index is 3.07. The molecular weight excluding hydrogens is 406 g/mol. The first-order valence-corrected chi connectivity index (χ1v) is 12.0. The number of ether oxygens (including phenoxy) is 1. The van der Waals surface area contributed by atoms with Crippen LogP contribution in [-0.4, -0.2) is 72.0 Å². The second kappa shape index (κ2) is 12.4. The molecule has 1 unspecified atom stereocenters. The number of nitrogens with one attached hydrogen (secondary N) is 1. The van der Waals surface area contributed by atoms with Gasteiger partial charge in [-0.15, -0.1) is 0 Å². The summed E-state index contributed by atoms with van der Waals surface area (Å²) >= 11 is 0. The fraction of sp³-hybridized carbons (Fsp3) is 0.800. The zero-order valence-electron chi connectivity index (χ0n) is 21.7. The maximum atomic E-state index is 13.6. The van der Waals surface area contributed by atoms with Crippen molar-refractivity contribution in [3.05, 3.63) is 11.6 Å². The number of carbonyl (C=O) groups is 3. The van der Waals surface area contributed by atoms with Gasteiger partial charge in [0.15, 0.2) is 0 Å². The summed E-state index contributed by atoms with van der Waals surface area (Å²) in [5, 5.41) is 3.08. The lowest BCUT2D eigenvalue weighted by Crippen LogP contribution is -2.60. The number of likely N-dealkylation sites (tertiary alicyclic amines) is 1. The molecule has 7 nitrogen and oxygen atoms in total. The highest BCUT2D eigenvalue weighted by atomic mass is 16.5. The first-order valence-electron chi connectivity index (χ1n) is 12.0. The van der Waals surface area contributed by atoms with Gasteiger partial charge in [0.2, 0.25) is 11.8 Å². The number of piperidine rings is 1. The van der Waals surface area contributed by atoms with Crippen LogP contribution in [0.2, 0.25) is 0 Å². The Kier molecular flexibility index (Phi) is 10.9. The Morgan fingerprint density at radius 3 is 2.31 bits per heavy atom. The van der Waals surface area contributed by atoms with E-state index in [9.17, 15) is 14.4 Å². The van der Waals surface area contributed by atoms with Crippen molar-refractivity contribution in [1.29, 1.82) is 0 Å². The van der Waals surface area contributed by atoms with Gasteiger partial charge in [-0.25, -0.2) is 4.79 Å². The molecule has 1 rings (SSSR count). The van der Waals surface area contributed by atoms with E-state index in [-0.39, 0.29) is 35.9 Å². The molecule has 0 aromatic carbocycles. The summed E-state index contributed by atoms with van der Waals surface area (Å²) in [6, 6.07) is -0.866. The molecule has 7 heteroatoms. The molecule has 1 fully saturated rings. The average Bonchev–Trinajstić information content (AvgIpc) is 2.73. The highest BCUT2D eigenvalue weighted by molar-refractivity contribution is 5.91. The van der Waals surface area contributed by atoms with Gasteiger partial charge >= 0.3 is 5.97 Å². The lowest BCUT2D eigenvalue weighted by Gasteiger charge is -2.40. The Bertz CT molecular complexity index is 681. The van der Waals surface area contributed by atoms with Crippen molar-refractivity contribution in [3.63, 3.8) is 0 Å². The number of hydrogen-bond acceptors (Lipinski definition) is 5. The predicted molar refractivity (Wildman–Crippen MR) is 128 cm³/mol. The van der Waals surface area contributed by atoms with Crippen molar-refractivity contribution < 1.29 is 19.1 Å². The molecule has 1 N–H and O–H groups in total. The van der Waals surface area contributed by atoms with Crippen LogP contribution in [0.25, 0.3) is 0 Å². The van der Waals surface area contributed by atoms with Gasteiger partial charge in [-0.3, -0.25) is 14.5 Å². The van der Waals surface area contributed by atoms with Crippen LogP contribution in [0, 0.1) is 5.41 Å². The van der Waals surface area contributed by atoms with E-state index >= 15 is 0 Å². The topological polar surface area (TPSA) is 79.0 Å². The summed E-state index contributed by atoms with van der Waals surface area (Å²) in [4.78, 5) is 42.7. The fourth-order valence-corrected chi connectivity index (χ4v) is 4.21. The summed E-state index contributed by atoms with van der Waals surface area (Å²) in [6.07, 6.45) is 5.35. The minimum atomic E-state index is -0.665. The highest BCUT2D eigenvalue weighted by Crippen LogP contribution is 2.25. The van der Waals surface area contributed by atoms with Crippen LogP contribution in [0.5, 0.6) is 0 Å². The smallest absolute Gasteiger partial charge is 0.333 e. The molecule has 32 heavy (non-hydrogen) atoms. The van der Waals surface area contributed by atoms with E-state index < -0.39 is 11.5 Å². The maximum Gasteiger partial charge on any atom is 0.333 e. The Labute approximate surface area is 194 Å². The Hall–Kier alpha value is -1.89. The van der Waals surface area contributed by atoms with Crippen LogP contribution >= 0.6 is 0 Å². The van der Waals surface area contributed by atoms with Crippen molar-refractivity contribution in [2.45, 2.75) is 105 Å². The van der Waals surface area contributed by atoms with Gasteiger partial charge in [0, 0.05) is 18.7 Å². The third-order valence-corrected chi connectivity index (χ3v) is 6.21. The van der Waals surface area contributed by atoms with E-state index in [1.165, 1.54) is 0 Å². The van der Waals surface area contributed by atoms with E-state index in [4.69, 9.17) is 4.74 Å². The van der Waals surface area contributed by atoms with Gasteiger partial charge in [0.25, 0.3) is 0 Å². The second-order valence-electron chi connectivity index (χ2n) is 10.1. The standard InChI is InChI=1S/C25H45N3O4/c1-10-19(16-18(5)24(31)32-11-2)27(9)23(30)21(25(6,7)8)26-22(29)20-14-12-13-15-28(20)17(3)4/h16-17,19-21H,10-15H2,1-9H3,(H,26,29)/b18-16+/t19-,20?,21+/m0/s1. The summed E-state index contributed by atoms with van der Waals surface area (Å²) in [5.41, 5.74) is 0.0146. The Morgan fingerprint density at radius 2 is 1.81 bits per heavy atom. The molecule has 1 saturated heterocycles. The highest BCUT2D eigenvalue weighted by Gasteiger charge is 2.39. The van der Waals surface area contributed by atoms with Crippen LogP contribution in [0.1, 0.15) is 81.1 Å². The summed E-state index contributed by atoms with van der Waals surface area (Å²) in [6.45, 7) is 16.7. The van der Waals surface area contributed by atoms with Gasteiger partial charge in [0.05, 0.1) is 18.7 Å². The molecule has 0 aromatic rings. The monoisotopic (exact) mass is 451 g/mol. The normalized spacial score (nSPS) is 19.9.